The molecule has 0 spiro atoms. The third kappa shape index (κ3) is 3.40. The maximum Gasteiger partial charge on any atom is 0.353 e. The Morgan fingerprint density at radius 1 is 1.59 bits per heavy atom. The molecule has 0 bridgehead atoms. The number of amides is 1. The Kier molecular flexibility index (Phi) is 7.53. The Labute approximate surface area is 131 Å². The second-order valence-electron chi connectivity index (χ2n) is 4.73. The van der Waals surface area contributed by atoms with Crippen LogP contribution in [0.4, 0.5) is 0 Å². The van der Waals surface area contributed by atoms with Gasteiger partial charge in [-0.15, -0.1) is 11.8 Å². The number of carboxylic acids is 1. The lowest BCUT2D eigenvalue weighted by atomic mass is 9.83. The van der Waals surface area contributed by atoms with Crippen LogP contribution in [-0.4, -0.2) is 68.7 Å². The molecular weight excluding hydrogens is 314 g/mol. The first-order valence-corrected chi connectivity index (χ1v) is 7.28. The molecule has 2 heterocycles. The molecule has 22 heavy (non-hydrogen) atoms. The van der Waals surface area contributed by atoms with Crippen molar-refractivity contribution in [3.63, 3.8) is 0 Å². The summed E-state index contributed by atoms with van der Waals surface area (Å²) >= 11 is 1.38. The summed E-state index contributed by atoms with van der Waals surface area (Å²) in [4.78, 5) is 29.1. The summed E-state index contributed by atoms with van der Waals surface area (Å²) in [6.45, 7) is 2.05. The van der Waals surface area contributed by atoms with Gasteiger partial charge in [0, 0.05) is 17.1 Å². The fourth-order valence-electron chi connectivity index (χ4n) is 2.66. The van der Waals surface area contributed by atoms with Crippen LogP contribution in [0.15, 0.2) is 15.6 Å². The number of aliphatic imine (C=N–C) groups is 1. The van der Waals surface area contributed by atoms with Crippen LogP contribution in [0.1, 0.15) is 13.3 Å². The minimum atomic E-state index is -1.10. The van der Waals surface area contributed by atoms with Gasteiger partial charge in [0.05, 0.1) is 30.9 Å². The average molecular weight is 335 g/mol. The molecule has 1 saturated heterocycles. The van der Waals surface area contributed by atoms with Gasteiger partial charge in [-0.05, 0) is 6.92 Å². The fraction of sp³-hybridized carbons (Fsp3) is 0.583. The Morgan fingerprint density at radius 2 is 2.23 bits per heavy atom. The standard InChI is InChI=1S/C12H17N3O4S.2H2O/c1-6(16)9-7-4-8(20-3-2-14-5-13)10(12(18)19)15(7)11(9)17;;/h5-7,9,16H,2-4H2,1H3,(H2,13,14)(H,18,19);2*1H2/t6-,7-,9-;;/m1../s1. The number of carboxylic acid groups (broad SMARTS) is 1. The SMILES string of the molecule is C[C@@H](O)[C@H]1C(=O)N2C(C(=O)O)=C(SCCN=CN)C[C@H]12.O.O. The number of nitrogens with zero attached hydrogens (tertiary/aromatic N) is 2. The number of rotatable bonds is 6. The van der Waals surface area contributed by atoms with Crippen LogP contribution < -0.4 is 5.73 Å². The number of aliphatic carboxylic acids is 1. The molecule has 9 nitrogen and oxygen atoms in total. The van der Waals surface area contributed by atoms with E-state index < -0.39 is 18.0 Å². The molecule has 0 unspecified atom stereocenters. The van der Waals surface area contributed by atoms with Crippen molar-refractivity contribution in [2.45, 2.75) is 25.5 Å². The van der Waals surface area contributed by atoms with E-state index in [4.69, 9.17) is 5.73 Å². The van der Waals surface area contributed by atoms with Gasteiger partial charge in [-0.25, -0.2) is 4.79 Å². The van der Waals surface area contributed by atoms with Crippen LogP contribution in [-0.2, 0) is 9.59 Å². The highest BCUT2D eigenvalue weighted by molar-refractivity contribution is 8.03. The van der Waals surface area contributed by atoms with E-state index in [9.17, 15) is 19.8 Å². The smallest absolute Gasteiger partial charge is 0.353 e. The molecule has 0 aliphatic carbocycles. The van der Waals surface area contributed by atoms with Crippen molar-refractivity contribution in [2.75, 3.05) is 12.3 Å². The van der Waals surface area contributed by atoms with E-state index in [2.05, 4.69) is 4.99 Å². The van der Waals surface area contributed by atoms with Gasteiger partial charge in [-0.3, -0.25) is 9.79 Å². The van der Waals surface area contributed by atoms with Gasteiger partial charge in [0.25, 0.3) is 0 Å². The van der Waals surface area contributed by atoms with Gasteiger partial charge in [0.1, 0.15) is 5.70 Å². The van der Waals surface area contributed by atoms with Crippen LogP contribution >= 0.6 is 11.8 Å². The monoisotopic (exact) mass is 335 g/mol. The van der Waals surface area contributed by atoms with Crippen LogP contribution in [0.5, 0.6) is 0 Å². The predicted octanol–water partition coefficient (Wildman–Crippen LogP) is -2.04. The van der Waals surface area contributed by atoms with Crippen molar-refractivity contribution < 1.29 is 30.8 Å². The summed E-state index contributed by atoms with van der Waals surface area (Å²) < 4.78 is 0. The molecule has 1 fully saturated rings. The molecule has 126 valence electrons. The highest BCUT2D eigenvalue weighted by Gasteiger charge is 2.56. The lowest BCUT2D eigenvalue weighted by molar-refractivity contribution is -0.161. The van der Waals surface area contributed by atoms with E-state index in [1.807, 2.05) is 0 Å². The largest absolute Gasteiger partial charge is 0.477 e. The number of carbonyl (C=O) groups is 2. The van der Waals surface area contributed by atoms with Gasteiger partial charge in [0.2, 0.25) is 5.91 Å². The van der Waals surface area contributed by atoms with E-state index in [1.165, 1.54) is 23.0 Å². The van der Waals surface area contributed by atoms with Gasteiger partial charge in [-0.2, -0.15) is 0 Å². The molecule has 10 heteroatoms. The molecule has 8 N–H and O–H groups in total. The second-order valence-corrected chi connectivity index (χ2v) is 5.92. The zero-order chi connectivity index (χ0) is 14.9. The van der Waals surface area contributed by atoms with E-state index in [-0.39, 0.29) is 28.6 Å². The molecule has 0 aromatic carbocycles. The number of β-lactam (4-membered cyclic amide) rings is 1. The normalized spacial score (nSPS) is 24.5. The summed E-state index contributed by atoms with van der Waals surface area (Å²) in [6.07, 6.45) is 0.937. The summed E-state index contributed by atoms with van der Waals surface area (Å²) in [5, 5.41) is 18.9. The molecule has 0 aromatic rings. The first-order chi connectivity index (χ1) is 9.49. The number of carbonyl (C=O) groups excluding carboxylic acids is 1. The van der Waals surface area contributed by atoms with Crippen molar-refractivity contribution >= 4 is 30.0 Å². The van der Waals surface area contributed by atoms with E-state index in [0.29, 0.717) is 23.6 Å². The zero-order valence-electron chi connectivity index (χ0n) is 12.0. The lowest BCUT2D eigenvalue weighted by Gasteiger charge is -2.44. The number of aliphatic hydroxyl groups is 1. The lowest BCUT2D eigenvalue weighted by Crippen LogP contribution is -2.61. The topological polar surface area (TPSA) is 179 Å². The number of aliphatic hydroxyl groups excluding tert-OH is 1. The van der Waals surface area contributed by atoms with E-state index in [0.717, 1.165) is 0 Å². The number of fused-ring (bicyclic) bond motifs is 1. The van der Waals surface area contributed by atoms with Crippen molar-refractivity contribution in [2.24, 2.45) is 16.6 Å². The van der Waals surface area contributed by atoms with Crippen molar-refractivity contribution in [3.8, 4) is 0 Å². The molecule has 2 rings (SSSR count). The van der Waals surface area contributed by atoms with Crippen molar-refractivity contribution in [3.05, 3.63) is 10.6 Å². The summed E-state index contributed by atoms with van der Waals surface area (Å²) in [5.74, 6) is -1.30. The first kappa shape index (κ1) is 20.4. The van der Waals surface area contributed by atoms with Gasteiger partial charge in [-0.1, -0.05) is 0 Å². The Bertz CT molecular complexity index is 493. The molecule has 3 atom stereocenters. The summed E-state index contributed by atoms with van der Waals surface area (Å²) in [7, 11) is 0. The molecule has 0 radical (unpaired) electrons. The molecular formula is C12H21N3O6S. The number of thioether (sulfide) groups is 1. The quantitative estimate of drug-likeness (QED) is 0.218. The van der Waals surface area contributed by atoms with Crippen LogP contribution in [0.25, 0.3) is 0 Å². The Morgan fingerprint density at radius 3 is 2.73 bits per heavy atom. The van der Waals surface area contributed by atoms with Crippen molar-refractivity contribution in [1.82, 2.24) is 4.90 Å². The minimum Gasteiger partial charge on any atom is -0.477 e. The van der Waals surface area contributed by atoms with Crippen LogP contribution in [0.2, 0.25) is 0 Å². The maximum atomic E-state index is 11.9. The molecule has 0 aromatic heterocycles. The number of hydrogen-bond donors (Lipinski definition) is 3. The minimum absolute atomic E-state index is 0. The van der Waals surface area contributed by atoms with Gasteiger partial charge in [0.15, 0.2) is 0 Å². The third-order valence-electron chi connectivity index (χ3n) is 3.49. The van der Waals surface area contributed by atoms with E-state index in [1.54, 1.807) is 6.92 Å². The highest BCUT2D eigenvalue weighted by Crippen LogP contribution is 2.46. The van der Waals surface area contributed by atoms with Crippen LogP contribution in [0, 0.1) is 5.92 Å². The molecule has 2 aliphatic heterocycles. The average Bonchev–Trinajstić information content (AvgIpc) is 2.69. The van der Waals surface area contributed by atoms with Gasteiger partial charge < -0.3 is 31.8 Å². The summed E-state index contributed by atoms with van der Waals surface area (Å²) in [6, 6.07) is -0.228. The predicted molar refractivity (Wildman–Crippen MR) is 82.3 cm³/mol. The fourth-order valence-corrected chi connectivity index (χ4v) is 3.71. The van der Waals surface area contributed by atoms with E-state index >= 15 is 0 Å². The van der Waals surface area contributed by atoms with Crippen LogP contribution in [0.3, 0.4) is 0 Å². The molecule has 1 amide bonds. The van der Waals surface area contributed by atoms with Crippen molar-refractivity contribution in [1.29, 1.82) is 0 Å². The zero-order valence-corrected chi connectivity index (χ0v) is 12.8. The number of hydrogen-bond acceptors (Lipinski definition) is 5. The number of nitrogens with two attached hydrogens (primary N) is 1. The first-order valence-electron chi connectivity index (χ1n) is 6.29. The molecule has 2 aliphatic rings. The Balaban J connectivity index is 0.00000220. The molecule has 0 saturated carbocycles. The third-order valence-corrected chi connectivity index (χ3v) is 4.59. The van der Waals surface area contributed by atoms with Gasteiger partial charge >= 0.3 is 5.97 Å². The second kappa shape index (κ2) is 8.13. The summed E-state index contributed by atoms with van der Waals surface area (Å²) in [5.41, 5.74) is 5.19. The highest BCUT2D eigenvalue weighted by atomic mass is 32.2. The Hall–Kier alpha value is -1.62. The maximum absolute atomic E-state index is 11.9.